The van der Waals surface area contributed by atoms with Gasteiger partial charge in [-0.05, 0) is 42.4 Å². The predicted molar refractivity (Wildman–Crippen MR) is 125 cm³/mol. The van der Waals surface area contributed by atoms with E-state index in [1.807, 2.05) is 19.1 Å². The van der Waals surface area contributed by atoms with Crippen molar-refractivity contribution in [3.8, 4) is 0 Å². The van der Waals surface area contributed by atoms with Crippen molar-refractivity contribution in [2.24, 2.45) is 5.92 Å². The minimum atomic E-state index is -3.63. The summed E-state index contributed by atoms with van der Waals surface area (Å²) in [5.74, 6) is -1.16. The van der Waals surface area contributed by atoms with Gasteiger partial charge in [0.1, 0.15) is 5.82 Å². The number of amides is 1. The summed E-state index contributed by atoms with van der Waals surface area (Å²) in [6, 6.07) is 14.1. The van der Waals surface area contributed by atoms with Crippen molar-refractivity contribution in [1.29, 1.82) is 0 Å². The smallest absolute Gasteiger partial charge is 0.223 e. The largest absolute Gasteiger partial charge is 0.349 e. The zero-order valence-electron chi connectivity index (χ0n) is 19.3. The molecule has 1 heterocycles. The highest BCUT2D eigenvalue weighted by Crippen LogP contribution is 2.26. The molecule has 0 aliphatic carbocycles. The van der Waals surface area contributed by atoms with Crippen LogP contribution >= 0.6 is 0 Å². The molecule has 1 N–H and O–H groups in total. The van der Waals surface area contributed by atoms with Gasteiger partial charge in [-0.3, -0.25) is 4.79 Å². The second-order valence-corrected chi connectivity index (χ2v) is 11.6. The van der Waals surface area contributed by atoms with Gasteiger partial charge in [0, 0.05) is 24.6 Å². The van der Waals surface area contributed by atoms with Crippen LogP contribution in [0.4, 0.5) is 4.39 Å². The summed E-state index contributed by atoms with van der Waals surface area (Å²) in [5, 5.41) is 3.07. The zero-order chi connectivity index (χ0) is 23.5. The topological polar surface area (TPSA) is 66.5 Å². The van der Waals surface area contributed by atoms with E-state index in [1.165, 1.54) is 28.1 Å². The number of nitrogens with one attached hydrogen (secondary N) is 1. The van der Waals surface area contributed by atoms with Crippen LogP contribution in [0.15, 0.2) is 48.5 Å². The summed E-state index contributed by atoms with van der Waals surface area (Å²) in [6.07, 6.45) is 0.913. The van der Waals surface area contributed by atoms with Crippen molar-refractivity contribution in [3.63, 3.8) is 0 Å². The summed E-state index contributed by atoms with van der Waals surface area (Å²) >= 11 is 0. The quantitative estimate of drug-likeness (QED) is 0.688. The normalized spacial score (nSPS) is 17.2. The van der Waals surface area contributed by atoms with Crippen LogP contribution in [0.5, 0.6) is 0 Å². The highest BCUT2D eigenvalue weighted by atomic mass is 32.2. The van der Waals surface area contributed by atoms with Crippen molar-refractivity contribution < 1.29 is 17.6 Å². The second kappa shape index (κ2) is 9.71. The Kier molecular flexibility index (Phi) is 7.40. The molecule has 0 aromatic heterocycles. The minimum Gasteiger partial charge on any atom is -0.349 e. The third-order valence-electron chi connectivity index (χ3n) is 6.15. The number of carbonyl (C=O) groups is 1. The minimum absolute atomic E-state index is 0.0523. The molecule has 2 aromatic rings. The van der Waals surface area contributed by atoms with Gasteiger partial charge in [-0.1, -0.05) is 63.2 Å². The van der Waals surface area contributed by atoms with E-state index in [0.29, 0.717) is 12.8 Å². The molecule has 1 saturated heterocycles. The van der Waals surface area contributed by atoms with E-state index in [2.05, 4.69) is 38.2 Å². The Bertz CT molecular complexity index is 1040. The first-order valence-corrected chi connectivity index (χ1v) is 12.7. The molecule has 0 radical (unpaired) electrons. The molecule has 0 bridgehead atoms. The van der Waals surface area contributed by atoms with Crippen LogP contribution in [0, 0.1) is 11.7 Å². The number of hydrogen-bond acceptors (Lipinski definition) is 3. The molecular weight excluding hydrogens is 427 g/mol. The number of halogens is 1. The van der Waals surface area contributed by atoms with Crippen LogP contribution in [0.3, 0.4) is 0 Å². The Labute approximate surface area is 191 Å². The van der Waals surface area contributed by atoms with Crippen molar-refractivity contribution in [2.45, 2.75) is 57.7 Å². The number of hydrogen-bond donors (Lipinski definition) is 1. The average molecular weight is 461 g/mol. The monoisotopic (exact) mass is 460 g/mol. The Morgan fingerprint density at radius 2 is 1.69 bits per heavy atom. The standard InChI is InChI=1S/C25H33FN2O3S/c1-18(19-9-11-22(12-10-19)25(2,3)4)27-24(29)20-13-15-28(16-14-20)32(30,31)17-21-7-5-6-8-23(21)26/h5-12,18,20H,13-17H2,1-4H3,(H,27,29)/t18-/m1/s1. The molecule has 0 saturated carbocycles. The maximum absolute atomic E-state index is 13.9. The van der Waals surface area contributed by atoms with Gasteiger partial charge in [0.25, 0.3) is 0 Å². The van der Waals surface area contributed by atoms with Gasteiger partial charge < -0.3 is 5.32 Å². The number of rotatable bonds is 6. The molecule has 2 aromatic carbocycles. The molecule has 0 unspecified atom stereocenters. The van der Waals surface area contributed by atoms with Crippen LogP contribution in [0.25, 0.3) is 0 Å². The maximum Gasteiger partial charge on any atom is 0.223 e. The molecule has 1 aliphatic heterocycles. The summed E-state index contributed by atoms with van der Waals surface area (Å²) in [6.45, 7) is 8.98. The average Bonchev–Trinajstić information content (AvgIpc) is 2.75. The Balaban J connectivity index is 1.54. The molecule has 3 rings (SSSR count). The molecule has 1 fully saturated rings. The molecule has 32 heavy (non-hydrogen) atoms. The fraction of sp³-hybridized carbons (Fsp3) is 0.480. The van der Waals surface area contributed by atoms with E-state index in [9.17, 15) is 17.6 Å². The van der Waals surface area contributed by atoms with Crippen LogP contribution in [0.2, 0.25) is 0 Å². The van der Waals surface area contributed by atoms with Crippen LogP contribution in [0.1, 0.15) is 63.3 Å². The lowest BCUT2D eigenvalue weighted by Crippen LogP contribution is -2.43. The van der Waals surface area contributed by atoms with E-state index in [-0.39, 0.29) is 47.7 Å². The van der Waals surface area contributed by atoms with Crippen molar-refractivity contribution in [3.05, 3.63) is 71.0 Å². The molecule has 1 atom stereocenters. The molecule has 5 nitrogen and oxygen atoms in total. The third-order valence-corrected chi connectivity index (χ3v) is 7.98. The molecule has 0 spiro atoms. The zero-order valence-corrected chi connectivity index (χ0v) is 20.1. The first kappa shape index (κ1) is 24.4. The number of nitrogens with zero attached hydrogens (tertiary/aromatic N) is 1. The maximum atomic E-state index is 13.9. The lowest BCUT2D eigenvalue weighted by Gasteiger charge is -2.31. The summed E-state index contributed by atoms with van der Waals surface area (Å²) in [5.41, 5.74) is 2.52. The fourth-order valence-electron chi connectivity index (χ4n) is 3.99. The number of sulfonamides is 1. The Morgan fingerprint density at radius 3 is 2.25 bits per heavy atom. The summed E-state index contributed by atoms with van der Waals surface area (Å²) in [7, 11) is -3.63. The molecule has 1 aliphatic rings. The van der Waals surface area contributed by atoms with Gasteiger partial charge in [0.05, 0.1) is 11.8 Å². The van der Waals surface area contributed by atoms with Crippen LogP contribution in [-0.4, -0.2) is 31.7 Å². The van der Waals surface area contributed by atoms with E-state index < -0.39 is 15.8 Å². The van der Waals surface area contributed by atoms with Crippen molar-refractivity contribution in [1.82, 2.24) is 9.62 Å². The Morgan fingerprint density at radius 1 is 1.09 bits per heavy atom. The summed E-state index contributed by atoms with van der Waals surface area (Å²) < 4.78 is 40.6. The van der Waals surface area contributed by atoms with Gasteiger partial charge in [0.15, 0.2) is 0 Å². The molecular formula is C25H33FN2O3S. The van der Waals surface area contributed by atoms with E-state index in [1.54, 1.807) is 6.07 Å². The van der Waals surface area contributed by atoms with Gasteiger partial charge in [-0.2, -0.15) is 0 Å². The predicted octanol–water partition coefficient (Wildman–Crippen LogP) is 4.54. The lowest BCUT2D eigenvalue weighted by molar-refractivity contribution is -0.126. The van der Waals surface area contributed by atoms with Crippen molar-refractivity contribution >= 4 is 15.9 Å². The summed E-state index contributed by atoms with van der Waals surface area (Å²) in [4.78, 5) is 12.8. The number of piperidine rings is 1. The highest BCUT2D eigenvalue weighted by molar-refractivity contribution is 7.88. The first-order chi connectivity index (χ1) is 15.0. The third kappa shape index (κ3) is 5.95. The highest BCUT2D eigenvalue weighted by Gasteiger charge is 2.32. The fourth-order valence-corrected chi connectivity index (χ4v) is 5.56. The van der Waals surface area contributed by atoms with Crippen molar-refractivity contribution in [2.75, 3.05) is 13.1 Å². The van der Waals surface area contributed by atoms with Crippen LogP contribution < -0.4 is 5.32 Å². The van der Waals surface area contributed by atoms with E-state index >= 15 is 0 Å². The second-order valence-electron chi connectivity index (χ2n) is 9.62. The Hall–Kier alpha value is -2.25. The number of carbonyl (C=O) groups excluding carboxylic acids is 1. The molecule has 174 valence electrons. The molecule has 7 heteroatoms. The lowest BCUT2D eigenvalue weighted by atomic mass is 9.86. The van der Waals surface area contributed by atoms with Gasteiger partial charge in [-0.25, -0.2) is 17.1 Å². The van der Waals surface area contributed by atoms with Gasteiger partial charge >= 0.3 is 0 Å². The molecule has 1 amide bonds. The van der Waals surface area contributed by atoms with E-state index in [4.69, 9.17) is 0 Å². The van der Waals surface area contributed by atoms with Crippen LogP contribution in [-0.2, 0) is 26.0 Å². The van der Waals surface area contributed by atoms with E-state index in [0.717, 1.165) is 5.56 Å². The number of benzene rings is 2. The first-order valence-electron chi connectivity index (χ1n) is 11.1. The van der Waals surface area contributed by atoms with Gasteiger partial charge in [0.2, 0.25) is 15.9 Å². The SMILES string of the molecule is C[C@@H](NC(=O)C1CCN(S(=O)(=O)Cc2ccccc2F)CC1)c1ccc(C(C)(C)C)cc1. The van der Waals surface area contributed by atoms with Gasteiger partial charge in [-0.15, -0.1) is 0 Å².